The summed E-state index contributed by atoms with van der Waals surface area (Å²) in [6.07, 6.45) is 0.208. The highest BCUT2D eigenvalue weighted by Gasteiger charge is 1.88. The molecule has 0 aliphatic heterocycles. The lowest BCUT2D eigenvalue weighted by Crippen LogP contribution is -1.92. The van der Waals surface area contributed by atoms with Crippen molar-refractivity contribution < 1.29 is 9.90 Å². The summed E-state index contributed by atoms with van der Waals surface area (Å²) in [5, 5.41) is 8.43. The highest BCUT2D eigenvalue weighted by molar-refractivity contribution is 9.09. The Labute approximate surface area is 58.0 Å². The minimum absolute atomic E-state index is 0.208. The zero-order chi connectivity index (χ0) is 6.99. The van der Waals surface area contributed by atoms with Crippen molar-refractivity contribution in [3.05, 3.63) is 0 Å². The van der Waals surface area contributed by atoms with Crippen LogP contribution in [-0.4, -0.2) is 16.4 Å². The molecule has 0 unspecified atom stereocenters. The average molecular weight is 183 g/mol. The Bertz CT molecular complexity index is 54.4. The third kappa shape index (κ3) is 16.8. The maximum atomic E-state index is 9.57. The number of hydrogen-bond donors (Lipinski definition) is 1. The fourth-order valence-electron chi connectivity index (χ4n) is 0.0808. The van der Waals surface area contributed by atoms with Gasteiger partial charge in [-0.15, -0.1) is 0 Å². The van der Waals surface area contributed by atoms with Crippen LogP contribution in [0, 0.1) is 0 Å². The van der Waals surface area contributed by atoms with Gasteiger partial charge in [-0.05, 0) is 0 Å². The van der Waals surface area contributed by atoms with Crippen molar-refractivity contribution in [1.82, 2.24) is 0 Å². The summed E-state index contributed by atoms with van der Waals surface area (Å²) < 4.78 is 0. The van der Waals surface area contributed by atoms with E-state index >= 15 is 0 Å². The first-order valence-electron chi connectivity index (χ1n) is 2.55. The lowest BCUT2D eigenvalue weighted by Gasteiger charge is -1.78. The van der Waals surface area contributed by atoms with Gasteiger partial charge in [0.25, 0.3) is 0 Å². The number of carboxylic acids is 1. The number of carbonyl (C=O) groups is 1. The van der Waals surface area contributed by atoms with E-state index in [2.05, 4.69) is 15.9 Å². The van der Waals surface area contributed by atoms with Gasteiger partial charge in [0.15, 0.2) is 0 Å². The Morgan fingerprint density at radius 2 is 2.00 bits per heavy atom. The van der Waals surface area contributed by atoms with Crippen molar-refractivity contribution in [3.8, 4) is 0 Å². The first-order chi connectivity index (χ1) is 3.77. The smallest absolute Gasteiger partial charge is 0.304 e. The highest BCUT2D eigenvalue weighted by atomic mass is 79.9. The molecule has 0 spiro atoms. The van der Waals surface area contributed by atoms with Crippen molar-refractivity contribution in [2.45, 2.75) is 20.3 Å². The molecule has 50 valence electrons. The van der Waals surface area contributed by atoms with E-state index < -0.39 is 5.97 Å². The van der Waals surface area contributed by atoms with Gasteiger partial charge < -0.3 is 5.11 Å². The van der Waals surface area contributed by atoms with Crippen LogP contribution >= 0.6 is 15.9 Å². The molecule has 0 aromatic heterocycles. The third-order valence-electron chi connectivity index (χ3n) is 0.308. The van der Waals surface area contributed by atoms with Gasteiger partial charge in [0, 0.05) is 5.33 Å². The van der Waals surface area contributed by atoms with Crippen molar-refractivity contribution in [2.75, 3.05) is 5.33 Å². The van der Waals surface area contributed by atoms with E-state index in [1.54, 1.807) is 0 Å². The van der Waals surface area contributed by atoms with Crippen molar-refractivity contribution >= 4 is 21.9 Å². The van der Waals surface area contributed by atoms with Crippen LogP contribution in [0.5, 0.6) is 0 Å². The molecule has 0 aliphatic rings. The minimum Gasteiger partial charge on any atom is -0.481 e. The summed E-state index contributed by atoms with van der Waals surface area (Å²) in [6, 6.07) is 0. The fourth-order valence-corrected chi connectivity index (χ4v) is 0.420. The Morgan fingerprint density at radius 3 is 2.00 bits per heavy atom. The third-order valence-corrected chi connectivity index (χ3v) is 0.705. The van der Waals surface area contributed by atoms with Gasteiger partial charge in [0.05, 0.1) is 6.42 Å². The monoisotopic (exact) mass is 182 g/mol. The number of carboxylic acid groups (broad SMARTS) is 1. The van der Waals surface area contributed by atoms with Crippen molar-refractivity contribution in [2.24, 2.45) is 0 Å². The molecule has 0 aromatic carbocycles. The van der Waals surface area contributed by atoms with E-state index in [9.17, 15) is 4.79 Å². The summed E-state index contributed by atoms with van der Waals surface area (Å²) in [6.45, 7) is 4.00. The lowest BCUT2D eigenvalue weighted by molar-refractivity contribution is -0.136. The Hall–Kier alpha value is -0.0500. The average Bonchev–Trinajstić information content (AvgIpc) is 1.72. The molecular formula is C5H11BrO2. The Morgan fingerprint density at radius 1 is 1.62 bits per heavy atom. The van der Waals surface area contributed by atoms with E-state index in [1.165, 1.54) is 0 Å². The molecule has 0 radical (unpaired) electrons. The molecular weight excluding hydrogens is 172 g/mol. The molecule has 0 bridgehead atoms. The minimum atomic E-state index is -0.758. The molecule has 0 amide bonds. The van der Waals surface area contributed by atoms with Gasteiger partial charge in [0.1, 0.15) is 0 Å². The van der Waals surface area contributed by atoms with E-state index in [-0.39, 0.29) is 6.42 Å². The topological polar surface area (TPSA) is 37.3 Å². The van der Waals surface area contributed by atoms with Crippen LogP contribution in [0.1, 0.15) is 20.3 Å². The molecule has 0 saturated carbocycles. The highest BCUT2D eigenvalue weighted by Crippen LogP contribution is 1.84. The number of aliphatic carboxylic acids is 1. The summed E-state index contributed by atoms with van der Waals surface area (Å²) in [4.78, 5) is 9.57. The maximum absolute atomic E-state index is 9.57. The Kier molecular flexibility index (Phi) is 13.6. The van der Waals surface area contributed by atoms with Crippen LogP contribution in [0.2, 0.25) is 0 Å². The second-order valence-corrected chi connectivity index (χ2v) is 1.63. The van der Waals surface area contributed by atoms with Crippen LogP contribution in [-0.2, 0) is 4.79 Å². The summed E-state index contributed by atoms with van der Waals surface area (Å²) in [5.41, 5.74) is 0. The first-order valence-corrected chi connectivity index (χ1v) is 3.67. The maximum Gasteiger partial charge on any atom is 0.304 e. The SMILES string of the molecule is CC.O=C(O)CCBr. The summed E-state index contributed by atoms with van der Waals surface area (Å²) in [5.74, 6) is -0.758. The van der Waals surface area contributed by atoms with Crippen LogP contribution < -0.4 is 0 Å². The summed E-state index contributed by atoms with van der Waals surface area (Å²) >= 11 is 2.97. The van der Waals surface area contributed by atoms with Crippen LogP contribution in [0.3, 0.4) is 0 Å². The van der Waals surface area contributed by atoms with E-state index in [1.807, 2.05) is 13.8 Å². The van der Waals surface area contributed by atoms with Gasteiger partial charge >= 0.3 is 5.97 Å². The number of halogens is 1. The molecule has 2 nitrogen and oxygen atoms in total. The molecule has 0 aliphatic carbocycles. The second-order valence-electron chi connectivity index (χ2n) is 0.833. The molecule has 8 heavy (non-hydrogen) atoms. The van der Waals surface area contributed by atoms with Gasteiger partial charge in [0.2, 0.25) is 0 Å². The van der Waals surface area contributed by atoms with Gasteiger partial charge in [-0.3, -0.25) is 4.79 Å². The van der Waals surface area contributed by atoms with Gasteiger partial charge in [-0.25, -0.2) is 0 Å². The molecule has 0 rings (SSSR count). The number of hydrogen-bond acceptors (Lipinski definition) is 1. The zero-order valence-corrected chi connectivity index (χ0v) is 6.73. The van der Waals surface area contributed by atoms with Crippen molar-refractivity contribution in [1.29, 1.82) is 0 Å². The predicted octanol–water partition coefficient (Wildman–Crippen LogP) is 1.88. The van der Waals surface area contributed by atoms with Gasteiger partial charge in [-0.2, -0.15) is 0 Å². The lowest BCUT2D eigenvalue weighted by atomic mass is 10.5. The normalized spacial score (nSPS) is 6.88. The zero-order valence-electron chi connectivity index (χ0n) is 5.15. The molecule has 1 N–H and O–H groups in total. The van der Waals surface area contributed by atoms with E-state index in [0.29, 0.717) is 5.33 Å². The fraction of sp³-hybridized carbons (Fsp3) is 0.800. The number of rotatable bonds is 2. The molecule has 3 heteroatoms. The predicted molar refractivity (Wildman–Crippen MR) is 37.4 cm³/mol. The van der Waals surface area contributed by atoms with Gasteiger partial charge in [-0.1, -0.05) is 29.8 Å². The molecule has 0 fully saturated rings. The van der Waals surface area contributed by atoms with Crippen LogP contribution in [0.25, 0.3) is 0 Å². The summed E-state index contributed by atoms with van der Waals surface area (Å²) in [7, 11) is 0. The largest absolute Gasteiger partial charge is 0.481 e. The van der Waals surface area contributed by atoms with Crippen molar-refractivity contribution in [3.63, 3.8) is 0 Å². The number of alkyl halides is 1. The van der Waals surface area contributed by atoms with Crippen LogP contribution in [0.4, 0.5) is 0 Å². The van der Waals surface area contributed by atoms with E-state index in [4.69, 9.17) is 5.11 Å². The standard InChI is InChI=1S/C3H5BrO2.C2H6/c4-2-1-3(5)6;1-2/h1-2H2,(H,5,6);1-2H3. The molecule has 0 heterocycles. The molecule has 0 atom stereocenters. The molecule has 0 aromatic rings. The molecule has 0 saturated heterocycles. The first kappa shape index (κ1) is 10.8. The van der Waals surface area contributed by atoms with Crippen LogP contribution in [0.15, 0.2) is 0 Å². The Balaban J connectivity index is 0. The quantitative estimate of drug-likeness (QED) is 0.663. The van der Waals surface area contributed by atoms with E-state index in [0.717, 1.165) is 0 Å². The second kappa shape index (κ2) is 10.0.